The molecule has 1 aromatic carbocycles. The predicted molar refractivity (Wildman–Crippen MR) is 94.6 cm³/mol. The van der Waals surface area contributed by atoms with Crippen molar-refractivity contribution in [3.63, 3.8) is 0 Å². The lowest BCUT2D eigenvalue weighted by molar-refractivity contribution is -0.0279. The van der Waals surface area contributed by atoms with E-state index < -0.39 is 5.60 Å². The molecule has 0 radical (unpaired) electrons. The molecule has 22 heavy (non-hydrogen) atoms. The first-order chi connectivity index (χ1) is 10.6. The Hall–Kier alpha value is -1.20. The molecule has 0 aliphatic heterocycles. The lowest BCUT2D eigenvalue weighted by Crippen LogP contribution is -2.50. The fraction of sp³-hybridized carbons (Fsp3) is 0.588. The van der Waals surface area contributed by atoms with Gasteiger partial charge in [0.05, 0.1) is 12.1 Å². The van der Waals surface area contributed by atoms with Crippen molar-refractivity contribution in [2.75, 3.05) is 19.3 Å². The van der Waals surface area contributed by atoms with Crippen LogP contribution in [-0.2, 0) is 6.54 Å². The second kappa shape index (κ2) is 7.88. The number of aryl methyl sites for hydroxylation is 1. The zero-order valence-electron chi connectivity index (χ0n) is 13.8. The molecular weight excluding hydrogens is 294 g/mol. The zero-order valence-corrected chi connectivity index (χ0v) is 14.6. The van der Waals surface area contributed by atoms with Crippen LogP contribution in [-0.4, -0.2) is 36.0 Å². The van der Waals surface area contributed by atoms with E-state index in [2.05, 4.69) is 53.9 Å². The van der Waals surface area contributed by atoms with Gasteiger partial charge in [-0.1, -0.05) is 12.1 Å². The molecule has 1 fully saturated rings. The third-order valence-corrected chi connectivity index (χ3v) is 4.88. The normalized spacial score (nSPS) is 17.0. The van der Waals surface area contributed by atoms with Crippen LogP contribution in [0.5, 0.6) is 0 Å². The van der Waals surface area contributed by atoms with E-state index in [1.807, 2.05) is 0 Å². The van der Waals surface area contributed by atoms with Crippen LogP contribution in [0.3, 0.4) is 0 Å². The molecule has 0 atom stereocenters. The minimum atomic E-state index is -0.537. The summed E-state index contributed by atoms with van der Waals surface area (Å²) in [7, 11) is 0. The van der Waals surface area contributed by atoms with Gasteiger partial charge in [-0.3, -0.25) is 0 Å². The van der Waals surface area contributed by atoms with Crippen molar-refractivity contribution >= 4 is 17.7 Å². The average Bonchev–Trinajstić information content (AvgIpc) is 2.49. The van der Waals surface area contributed by atoms with Crippen LogP contribution in [0.2, 0.25) is 0 Å². The fourth-order valence-electron chi connectivity index (χ4n) is 2.50. The van der Waals surface area contributed by atoms with Crippen molar-refractivity contribution in [2.24, 2.45) is 4.99 Å². The summed E-state index contributed by atoms with van der Waals surface area (Å²) >= 11 is 1.75. The first-order valence-electron chi connectivity index (χ1n) is 7.94. The molecule has 5 heteroatoms. The Bertz CT molecular complexity index is 527. The Morgan fingerprint density at radius 3 is 2.73 bits per heavy atom. The van der Waals surface area contributed by atoms with E-state index in [1.165, 1.54) is 16.0 Å². The summed E-state index contributed by atoms with van der Waals surface area (Å²) in [4.78, 5) is 5.93. The molecule has 1 aliphatic carbocycles. The highest BCUT2D eigenvalue weighted by Crippen LogP contribution is 2.30. The number of hydrogen-bond acceptors (Lipinski definition) is 3. The highest BCUT2D eigenvalue weighted by atomic mass is 32.2. The van der Waals surface area contributed by atoms with Crippen molar-refractivity contribution in [1.29, 1.82) is 0 Å². The van der Waals surface area contributed by atoms with Crippen LogP contribution >= 0.6 is 11.8 Å². The molecule has 2 rings (SSSR count). The number of nitrogens with zero attached hydrogens (tertiary/aromatic N) is 1. The Kier molecular flexibility index (Phi) is 6.15. The highest BCUT2D eigenvalue weighted by molar-refractivity contribution is 7.98. The lowest BCUT2D eigenvalue weighted by Gasteiger charge is -2.37. The van der Waals surface area contributed by atoms with Gasteiger partial charge < -0.3 is 15.7 Å². The number of aliphatic imine (C=N–C) groups is 1. The van der Waals surface area contributed by atoms with Gasteiger partial charge in [0.1, 0.15) is 0 Å². The maximum Gasteiger partial charge on any atom is 0.191 e. The zero-order chi connectivity index (χ0) is 16.0. The summed E-state index contributed by atoms with van der Waals surface area (Å²) < 4.78 is 0. The number of aliphatic hydroxyl groups is 1. The first kappa shape index (κ1) is 17.2. The monoisotopic (exact) mass is 321 g/mol. The molecule has 0 unspecified atom stereocenters. The smallest absolute Gasteiger partial charge is 0.191 e. The van der Waals surface area contributed by atoms with Crippen LogP contribution < -0.4 is 10.6 Å². The SMILES string of the molecule is CCNC(=NCc1ccc(C)cc1SC)NCC1(O)CCC1. The Morgan fingerprint density at radius 1 is 1.36 bits per heavy atom. The number of benzene rings is 1. The summed E-state index contributed by atoms with van der Waals surface area (Å²) in [6.45, 7) is 6.19. The van der Waals surface area contributed by atoms with E-state index in [0.29, 0.717) is 13.1 Å². The third-order valence-electron chi connectivity index (χ3n) is 4.06. The number of hydrogen-bond donors (Lipinski definition) is 3. The molecule has 1 aromatic rings. The lowest BCUT2D eigenvalue weighted by atomic mass is 9.80. The van der Waals surface area contributed by atoms with Gasteiger partial charge >= 0.3 is 0 Å². The Balaban J connectivity index is 2.00. The van der Waals surface area contributed by atoms with Crippen molar-refractivity contribution in [1.82, 2.24) is 10.6 Å². The third kappa shape index (κ3) is 4.65. The van der Waals surface area contributed by atoms with Gasteiger partial charge in [0.25, 0.3) is 0 Å². The minimum absolute atomic E-state index is 0.537. The average molecular weight is 321 g/mol. The van der Waals surface area contributed by atoms with E-state index in [9.17, 15) is 5.11 Å². The fourth-order valence-corrected chi connectivity index (χ4v) is 3.20. The minimum Gasteiger partial charge on any atom is -0.388 e. The van der Waals surface area contributed by atoms with E-state index in [-0.39, 0.29) is 0 Å². The van der Waals surface area contributed by atoms with Gasteiger partial charge in [-0.2, -0.15) is 0 Å². The highest BCUT2D eigenvalue weighted by Gasteiger charge is 2.34. The van der Waals surface area contributed by atoms with Gasteiger partial charge in [0.15, 0.2) is 5.96 Å². The van der Waals surface area contributed by atoms with Crippen molar-refractivity contribution in [2.45, 2.75) is 50.2 Å². The summed E-state index contributed by atoms with van der Waals surface area (Å²) in [5.41, 5.74) is 1.97. The molecule has 4 nitrogen and oxygen atoms in total. The van der Waals surface area contributed by atoms with E-state index in [1.54, 1.807) is 11.8 Å². The molecule has 0 heterocycles. The van der Waals surface area contributed by atoms with E-state index >= 15 is 0 Å². The molecule has 0 spiro atoms. The molecular formula is C17H27N3OS. The van der Waals surface area contributed by atoms with Gasteiger partial charge in [-0.15, -0.1) is 11.8 Å². The topological polar surface area (TPSA) is 56.7 Å². The molecule has 0 aromatic heterocycles. The molecule has 122 valence electrons. The van der Waals surface area contributed by atoms with Crippen LogP contribution in [0.4, 0.5) is 0 Å². The second-order valence-corrected chi connectivity index (χ2v) is 6.79. The summed E-state index contributed by atoms with van der Waals surface area (Å²) in [6, 6.07) is 6.47. The maximum absolute atomic E-state index is 10.2. The largest absolute Gasteiger partial charge is 0.388 e. The second-order valence-electron chi connectivity index (χ2n) is 5.94. The molecule has 0 saturated heterocycles. The van der Waals surface area contributed by atoms with Crippen LogP contribution in [0.25, 0.3) is 0 Å². The predicted octanol–water partition coefficient (Wildman–Crippen LogP) is 2.69. The molecule has 1 saturated carbocycles. The molecule has 0 bridgehead atoms. The van der Waals surface area contributed by atoms with Gasteiger partial charge in [0.2, 0.25) is 0 Å². The molecule has 1 aliphatic rings. The summed E-state index contributed by atoms with van der Waals surface area (Å²) in [5.74, 6) is 0.774. The first-order valence-corrected chi connectivity index (χ1v) is 9.17. The number of guanidine groups is 1. The van der Waals surface area contributed by atoms with Crippen LogP contribution in [0, 0.1) is 6.92 Å². The van der Waals surface area contributed by atoms with Crippen molar-refractivity contribution in [3.8, 4) is 0 Å². The Labute approximate surface area is 137 Å². The van der Waals surface area contributed by atoms with Gasteiger partial charge in [0, 0.05) is 18.0 Å². The van der Waals surface area contributed by atoms with Crippen LogP contribution in [0.1, 0.15) is 37.3 Å². The standard InChI is InChI=1S/C17H27N3OS/c1-4-18-16(20-12-17(21)8-5-9-17)19-11-14-7-6-13(2)10-15(14)22-3/h6-7,10,21H,4-5,8-9,11-12H2,1-3H3,(H2,18,19,20). The number of nitrogens with one attached hydrogen (secondary N) is 2. The number of thioether (sulfide) groups is 1. The van der Waals surface area contributed by atoms with Crippen molar-refractivity contribution in [3.05, 3.63) is 29.3 Å². The maximum atomic E-state index is 10.2. The van der Waals surface area contributed by atoms with Crippen LogP contribution in [0.15, 0.2) is 28.1 Å². The Morgan fingerprint density at radius 2 is 2.14 bits per heavy atom. The summed E-state index contributed by atoms with van der Waals surface area (Å²) in [5, 5.41) is 16.7. The molecule has 3 N–H and O–H groups in total. The number of rotatable bonds is 6. The van der Waals surface area contributed by atoms with E-state index in [0.717, 1.165) is 31.8 Å². The van der Waals surface area contributed by atoms with Gasteiger partial charge in [-0.05, 0) is 56.6 Å². The summed E-state index contributed by atoms with van der Waals surface area (Å²) in [6.07, 6.45) is 4.98. The quantitative estimate of drug-likeness (QED) is 0.428. The van der Waals surface area contributed by atoms with Crippen molar-refractivity contribution < 1.29 is 5.11 Å². The van der Waals surface area contributed by atoms with E-state index in [4.69, 9.17) is 0 Å². The van der Waals surface area contributed by atoms with Gasteiger partial charge in [-0.25, -0.2) is 4.99 Å². The molecule has 0 amide bonds.